The van der Waals surface area contributed by atoms with Gasteiger partial charge in [0.1, 0.15) is 28.8 Å². The number of amides is 1. The van der Waals surface area contributed by atoms with Crippen LogP contribution in [0, 0.1) is 5.82 Å². The van der Waals surface area contributed by atoms with Gasteiger partial charge >= 0.3 is 0 Å². The van der Waals surface area contributed by atoms with Crippen molar-refractivity contribution in [2.24, 2.45) is 0 Å². The molecular weight excluding hydrogens is 497 g/mol. The van der Waals surface area contributed by atoms with Crippen LogP contribution in [0.4, 0.5) is 4.39 Å². The van der Waals surface area contributed by atoms with E-state index in [-0.39, 0.29) is 23.6 Å². The van der Waals surface area contributed by atoms with E-state index in [0.29, 0.717) is 59.2 Å². The van der Waals surface area contributed by atoms with Gasteiger partial charge in [0, 0.05) is 17.5 Å². The number of phenolic OH excluding ortho intramolecular Hbond substituents is 1. The summed E-state index contributed by atoms with van der Waals surface area (Å²) in [5.74, 6) is 1.16. The summed E-state index contributed by atoms with van der Waals surface area (Å²) in [4.78, 5) is 17.6. The standard InChI is InChI=1S/C30H26FN5O3/c1-2-39-22-12-13-26(32-17-22)29-35-34-28(36(29)27-9-4-3-8-25(27)31)19-14-20(15-19)33-30(38)23-7-5-6-18-10-11-21(37)16-24(18)23/h3-13,16-17,19-20,37H,2,14-15H2,1H3,(H,33,38). The molecule has 1 aliphatic carbocycles. The molecule has 6 rings (SSSR count). The number of nitrogens with zero attached hydrogens (tertiary/aromatic N) is 4. The average molecular weight is 524 g/mol. The second-order valence-corrected chi connectivity index (χ2v) is 9.53. The van der Waals surface area contributed by atoms with E-state index in [0.717, 1.165) is 5.39 Å². The van der Waals surface area contributed by atoms with Crippen molar-refractivity contribution in [1.82, 2.24) is 25.1 Å². The lowest BCUT2D eigenvalue weighted by Crippen LogP contribution is -2.44. The Balaban J connectivity index is 1.25. The van der Waals surface area contributed by atoms with Crippen LogP contribution in [0.25, 0.3) is 28.0 Å². The number of hydrogen-bond donors (Lipinski definition) is 2. The highest BCUT2D eigenvalue weighted by atomic mass is 19.1. The summed E-state index contributed by atoms with van der Waals surface area (Å²) < 4.78 is 22.2. The number of aromatic hydroxyl groups is 1. The number of fused-ring (bicyclic) bond motifs is 1. The fraction of sp³-hybridized carbons (Fsp3) is 0.200. The Bertz CT molecular complexity index is 1660. The van der Waals surface area contributed by atoms with E-state index in [2.05, 4.69) is 20.5 Å². The molecule has 1 fully saturated rings. The van der Waals surface area contributed by atoms with Crippen LogP contribution in [0.2, 0.25) is 0 Å². The number of aromatic nitrogens is 4. The largest absolute Gasteiger partial charge is 0.508 e. The van der Waals surface area contributed by atoms with Gasteiger partial charge in [-0.15, -0.1) is 10.2 Å². The molecule has 2 N–H and O–H groups in total. The molecule has 0 unspecified atom stereocenters. The number of rotatable bonds is 7. The van der Waals surface area contributed by atoms with Gasteiger partial charge in [-0.3, -0.25) is 9.36 Å². The van der Waals surface area contributed by atoms with Gasteiger partial charge in [-0.1, -0.05) is 30.3 Å². The third-order valence-electron chi connectivity index (χ3n) is 7.01. The molecule has 0 radical (unpaired) electrons. The van der Waals surface area contributed by atoms with E-state index in [1.165, 1.54) is 6.07 Å². The fourth-order valence-electron chi connectivity index (χ4n) is 5.03. The van der Waals surface area contributed by atoms with Crippen LogP contribution in [0.3, 0.4) is 0 Å². The Labute approximate surface area is 224 Å². The molecule has 0 saturated heterocycles. The van der Waals surface area contributed by atoms with Crippen molar-refractivity contribution in [3.63, 3.8) is 0 Å². The molecule has 0 spiro atoms. The molecule has 2 aromatic heterocycles. The predicted octanol–water partition coefficient (Wildman–Crippen LogP) is 5.40. The minimum absolute atomic E-state index is 0.0320. The van der Waals surface area contributed by atoms with Crippen molar-refractivity contribution in [1.29, 1.82) is 0 Å². The van der Waals surface area contributed by atoms with Gasteiger partial charge in [-0.25, -0.2) is 9.37 Å². The molecular formula is C30H26FN5O3. The summed E-state index contributed by atoms with van der Waals surface area (Å²) in [5, 5.41) is 23.4. The van der Waals surface area contributed by atoms with Crippen LogP contribution in [-0.2, 0) is 0 Å². The molecule has 0 atom stereocenters. The number of carbonyl (C=O) groups excluding carboxylic acids is 1. The summed E-state index contributed by atoms with van der Waals surface area (Å²) in [7, 11) is 0. The summed E-state index contributed by atoms with van der Waals surface area (Å²) >= 11 is 0. The Morgan fingerprint density at radius 1 is 1.08 bits per heavy atom. The summed E-state index contributed by atoms with van der Waals surface area (Å²) in [5.41, 5.74) is 1.39. The second-order valence-electron chi connectivity index (χ2n) is 9.53. The molecule has 0 aliphatic heterocycles. The van der Waals surface area contributed by atoms with Gasteiger partial charge in [0.05, 0.1) is 18.5 Å². The Morgan fingerprint density at radius 2 is 1.92 bits per heavy atom. The molecule has 1 aliphatic rings. The highest BCUT2D eigenvalue weighted by Crippen LogP contribution is 2.39. The van der Waals surface area contributed by atoms with Crippen molar-refractivity contribution < 1.29 is 19.0 Å². The topological polar surface area (TPSA) is 102 Å². The van der Waals surface area contributed by atoms with Crippen LogP contribution in [-0.4, -0.2) is 43.4 Å². The van der Waals surface area contributed by atoms with Crippen LogP contribution in [0.5, 0.6) is 11.5 Å². The minimum atomic E-state index is -0.394. The Kier molecular flexibility index (Phi) is 6.40. The van der Waals surface area contributed by atoms with Gasteiger partial charge in [-0.2, -0.15) is 0 Å². The number of para-hydroxylation sites is 1. The number of hydrogen-bond acceptors (Lipinski definition) is 6. The number of nitrogens with one attached hydrogen (secondary N) is 1. The highest BCUT2D eigenvalue weighted by Gasteiger charge is 2.36. The maximum Gasteiger partial charge on any atom is 0.252 e. The summed E-state index contributed by atoms with van der Waals surface area (Å²) in [6.45, 7) is 2.43. The van der Waals surface area contributed by atoms with Gasteiger partial charge in [0.2, 0.25) is 0 Å². The first-order valence-electron chi connectivity index (χ1n) is 12.8. The number of halogens is 1. The van der Waals surface area contributed by atoms with Crippen molar-refractivity contribution >= 4 is 16.7 Å². The monoisotopic (exact) mass is 523 g/mol. The van der Waals surface area contributed by atoms with E-state index in [9.17, 15) is 14.3 Å². The third kappa shape index (κ3) is 4.67. The first-order chi connectivity index (χ1) is 19.0. The van der Waals surface area contributed by atoms with Crippen LogP contribution in [0.15, 0.2) is 79.0 Å². The summed E-state index contributed by atoms with van der Waals surface area (Å²) in [6.07, 6.45) is 2.87. The molecule has 39 heavy (non-hydrogen) atoms. The smallest absolute Gasteiger partial charge is 0.252 e. The number of pyridine rings is 1. The quantitative estimate of drug-likeness (QED) is 0.296. The van der Waals surface area contributed by atoms with Crippen molar-refractivity contribution in [2.75, 3.05) is 6.61 Å². The van der Waals surface area contributed by atoms with Crippen LogP contribution >= 0.6 is 0 Å². The van der Waals surface area contributed by atoms with E-state index in [1.54, 1.807) is 65.4 Å². The highest BCUT2D eigenvalue weighted by molar-refractivity contribution is 6.07. The molecule has 3 aromatic carbocycles. The molecule has 2 heterocycles. The van der Waals surface area contributed by atoms with E-state index >= 15 is 0 Å². The first kappa shape index (κ1) is 24.5. The van der Waals surface area contributed by atoms with E-state index < -0.39 is 5.82 Å². The normalized spacial score (nSPS) is 16.6. The SMILES string of the molecule is CCOc1ccc(-c2nnc(C3CC(NC(=O)c4cccc5ccc(O)cc45)C3)n2-c2ccccc2F)nc1. The lowest BCUT2D eigenvalue weighted by atomic mass is 9.79. The molecule has 5 aromatic rings. The van der Waals surface area contributed by atoms with E-state index in [4.69, 9.17) is 4.74 Å². The molecule has 9 heteroatoms. The van der Waals surface area contributed by atoms with Gasteiger partial charge < -0.3 is 15.2 Å². The van der Waals surface area contributed by atoms with Gasteiger partial charge in [-0.05, 0) is 73.0 Å². The van der Waals surface area contributed by atoms with Gasteiger partial charge in [0.25, 0.3) is 5.91 Å². The summed E-state index contributed by atoms with van der Waals surface area (Å²) in [6, 6.07) is 20.5. The third-order valence-corrected chi connectivity index (χ3v) is 7.01. The molecule has 8 nitrogen and oxygen atoms in total. The molecule has 1 amide bonds. The maximum absolute atomic E-state index is 15.0. The maximum atomic E-state index is 15.0. The Morgan fingerprint density at radius 3 is 2.69 bits per heavy atom. The second kappa shape index (κ2) is 10.2. The fourth-order valence-corrected chi connectivity index (χ4v) is 5.03. The zero-order valence-electron chi connectivity index (χ0n) is 21.2. The molecule has 196 valence electrons. The first-order valence-corrected chi connectivity index (χ1v) is 12.8. The number of carbonyl (C=O) groups is 1. The number of benzene rings is 3. The zero-order chi connectivity index (χ0) is 26.9. The van der Waals surface area contributed by atoms with Crippen LogP contribution in [0.1, 0.15) is 41.9 Å². The van der Waals surface area contributed by atoms with Crippen molar-refractivity contribution in [3.05, 3.63) is 96.2 Å². The average Bonchev–Trinajstić information content (AvgIpc) is 3.35. The minimum Gasteiger partial charge on any atom is -0.508 e. The number of phenols is 1. The number of ether oxygens (including phenoxy) is 1. The van der Waals surface area contributed by atoms with Crippen molar-refractivity contribution in [3.8, 4) is 28.7 Å². The lowest BCUT2D eigenvalue weighted by Gasteiger charge is -2.35. The molecule has 1 saturated carbocycles. The predicted molar refractivity (Wildman–Crippen MR) is 145 cm³/mol. The van der Waals surface area contributed by atoms with Gasteiger partial charge in [0.15, 0.2) is 5.82 Å². The Hall–Kier alpha value is -4.79. The van der Waals surface area contributed by atoms with Crippen LogP contribution < -0.4 is 10.1 Å². The molecule has 0 bridgehead atoms. The van der Waals surface area contributed by atoms with Crippen molar-refractivity contribution in [2.45, 2.75) is 31.7 Å². The lowest BCUT2D eigenvalue weighted by molar-refractivity contribution is 0.0909. The zero-order valence-corrected chi connectivity index (χ0v) is 21.2. The van der Waals surface area contributed by atoms with E-state index in [1.807, 2.05) is 19.1 Å².